The molecule has 2 unspecified atom stereocenters. The lowest BCUT2D eigenvalue weighted by molar-refractivity contribution is -0.145. The van der Waals surface area contributed by atoms with E-state index in [1.807, 2.05) is 6.92 Å². The average molecular weight is 242 g/mol. The zero-order chi connectivity index (χ0) is 12.8. The molecule has 1 aliphatic rings. The molecule has 4 heteroatoms. The van der Waals surface area contributed by atoms with Crippen molar-refractivity contribution in [1.82, 2.24) is 10.2 Å². The molecule has 0 aromatic heterocycles. The summed E-state index contributed by atoms with van der Waals surface area (Å²) in [5.74, 6) is -0.677. The number of likely N-dealkylation sites (tertiary alicyclic amines) is 1. The molecule has 0 radical (unpaired) electrons. The van der Waals surface area contributed by atoms with Crippen LogP contribution in [0.15, 0.2) is 0 Å². The third-order valence-electron chi connectivity index (χ3n) is 3.51. The van der Waals surface area contributed by atoms with Crippen LogP contribution in [0.3, 0.4) is 0 Å². The summed E-state index contributed by atoms with van der Waals surface area (Å²) in [5.41, 5.74) is 0. The highest BCUT2D eigenvalue weighted by atomic mass is 16.4. The summed E-state index contributed by atoms with van der Waals surface area (Å²) < 4.78 is 0. The number of carboxylic acids is 1. The summed E-state index contributed by atoms with van der Waals surface area (Å²) in [4.78, 5) is 13.4. The zero-order valence-corrected chi connectivity index (χ0v) is 11.3. The van der Waals surface area contributed by atoms with E-state index >= 15 is 0 Å². The molecule has 0 amide bonds. The molecule has 2 N–H and O–H groups in total. The summed E-state index contributed by atoms with van der Waals surface area (Å²) in [6.07, 6.45) is 4.15. The van der Waals surface area contributed by atoms with Gasteiger partial charge in [-0.1, -0.05) is 27.2 Å². The van der Waals surface area contributed by atoms with Gasteiger partial charge in [-0.2, -0.15) is 0 Å². The predicted molar refractivity (Wildman–Crippen MR) is 69.2 cm³/mol. The zero-order valence-electron chi connectivity index (χ0n) is 11.3. The Balaban J connectivity index is 2.60. The van der Waals surface area contributed by atoms with Crippen molar-refractivity contribution in [1.29, 1.82) is 0 Å². The summed E-state index contributed by atoms with van der Waals surface area (Å²) in [5, 5.41) is 12.7. The highest BCUT2D eigenvalue weighted by molar-refractivity contribution is 5.73. The first-order chi connectivity index (χ1) is 8.06. The van der Waals surface area contributed by atoms with Crippen LogP contribution in [0.4, 0.5) is 0 Å². The summed E-state index contributed by atoms with van der Waals surface area (Å²) in [7, 11) is 0. The molecular formula is C13H26N2O2. The van der Waals surface area contributed by atoms with Crippen molar-refractivity contribution in [2.75, 3.05) is 13.1 Å². The second-order valence-electron chi connectivity index (χ2n) is 5.21. The minimum atomic E-state index is -0.677. The molecule has 100 valence electrons. The number of nitrogens with one attached hydrogen (secondary N) is 1. The first-order valence-electron chi connectivity index (χ1n) is 6.78. The quantitative estimate of drug-likeness (QED) is 0.744. The Morgan fingerprint density at radius 2 is 2.18 bits per heavy atom. The third kappa shape index (κ3) is 4.28. The van der Waals surface area contributed by atoms with E-state index in [1.165, 1.54) is 6.42 Å². The second-order valence-corrected chi connectivity index (χ2v) is 5.21. The van der Waals surface area contributed by atoms with Crippen LogP contribution in [0.25, 0.3) is 0 Å². The minimum absolute atomic E-state index is 0.311. The molecular weight excluding hydrogens is 216 g/mol. The van der Waals surface area contributed by atoms with Gasteiger partial charge in [0.15, 0.2) is 0 Å². The molecule has 1 aliphatic heterocycles. The Morgan fingerprint density at radius 3 is 2.71 bits per heavy atom. The van der Waals surface area contributed by atoms with E-state index in [2.05, 4.69) is 24.1 Å². The van der Waals surface area contributed by atoms with Crippen LogP contribution in [0, 0.1) is 0 Å². The Kier molecular flexibility index (Phi) is 5.92. The first-order valence-corrected chi connectivity index (χ1v) is 6.78. The van der Waals surface area contributed by atoms with E-state index in [1.54, 1.807) is 0 Å². The van der Waals surface area contributed by atoms with Gasteiger partial charge in [0.1, 0.15) is 6.04 Å². The Bertz CT molecular complexity index is 244. The van der Waals surface area contributed by atoms with Crippen molar-refractivity contribution in [2.45, 2.75) is 64.6 Å². The number of piperidine rings is 1. The Labute approximate surface area is 104 Å². The van der Waals surface area contributed by atoms with Gasteiger partial charge in [-0.25, -0.2) is 0 Å². The number of rotatable bonds is 6. The lowest BCUT2D eigenvalue weighted by atomic mass is 9.98. The summed E-state index contributed by atoms with van der Waals surface area (Å²) >= 11 is 0. The molecule has 1 heterocycles. The number of hydrogen-bond acceptors (Lipinski definition) is 3. The second kappa shape index (κ2) is 6.97. The average Bonchev–Trinajstić information content (AvgIpc) is 2.28. The van der Waals surface area contributed by atoms with Crippen LogP contribution in [0.2, 0.25) is 0 Å². The van der Waals surface area contributed by atoms with Crippen LogP contribution < -0.4 is 5.32 Å². The van der Waals surface area contributed by atoms with Gasteiger partial charge in [-0.3, -0.25) is 9.69 Å². The molecule has 0 aliphatic carbocycles. The first kappa shape index (κ1) is 14.5. The Morgan fingerprint density at radius 1 is 1.47 bits per heavy atom. The Hall–Kier alpha value is -0.610. The molecule has 0 saturated carbocycles. The molecule has 17 heavy (non-hydrogen) atoms. The van der Waals surface area contributed by atoms with Gasteiger partial charge < -0.3 is 10.4 Å². The lowest BCUT2D eigenvalue weighted by Crippen LogP contribution is -2.53. The van der Waals surface area contributed by atoms with Crippen molar-refractivity contribution in [2.24, 2.45) is 0 Å². The van der Waals surface area contributed by atoms with Gasteiger partial charge >= 0.3 is 5.97 Å². The predicted octanol–water partition coefficient (Wildman–Crippen LogP) is 1.70. The van der Waals surface area contributed by atoms with Gasteiger partial charge in [-0.05, 0) is 25.8 Å². The molecule has 1 rings (SSSR count). The molecule has 1 saturated heterocycles. The molecule has 0 aromatic rings. The van der Waals surface area contributed by atoms with Gasteiger partial charge in [0.05, 0.1) is 0 Å². The normalized spacial score (nSPS) is 23.9. The molecule has 2 atom stereocenters. The van der Waals surface area contributed by atoms with Crippen LogP contribution in [0.1, 0.15) is 46.5 Å². The van der Waals surface area contributed by atoms with Crippen molar-refractivity contribution in [3.63, 3.8) is 0 Å². The largest absolute Gasteiger partial charge is 0.480 e. The molecule has 0 aromatic carbocycles. The molecule has 0 bridgehead atoms. The van der Waals surface area contributed by atoms with Crippen molar-refractivity contribution >= 4 is 5.97 Å². The van der Waals surface area contributed by atoms with Crippen LogP contribution in [-0.2, 0) is 4.79 Å². The summed E-state index contributed by atoms with van der Waals surface area (Å²) in [6, 6.07) is 0.533. The number of aliphatic carboxylic acids is 1. The number of carboxylic acid groups (broad SMARTS) is 1. The SMILES string of the molecule is CCC(C(=O)O)N1CCCCC1CNC(C)C. The van der Waals surface area contributed by atoms with Gasteiger partial charge in [0.25, 0.3) is 0 Å². The van der Waals surface area contributed by atoms with E-state index in [-0.39, 0.29) is 6.04 Å². The van der Waals surface area contributed by atoms with Crippen LogP contribution in [-0.4, -0.2) is 47.2 Å². The van der Waals surface area contributed by atoms with Crippen LogP contribution in [0.5, 0.6) is 0 Å². The fourth-order valence-electron chi connectivity index (χ4n) is 2.58. The van der Waals surface area contributed by atoms with E-state index < -0.39 is 5.97 Å². The van der Waals surface area contributed by atoms with Crippen molar-refractivity contribution in [3.05, 3.63) is 0 Å². The van der Waals surface area contributed by atoms with Gasteiger partial charge in [0, 0.05) is 18.6 Å². The van der Waals surface area contributed by atoms with Gasteiger partial charge in [0.2, 0.25) is 0 Å². The molecule has 4 nitrogen and oxygen atoms in total. The topological polar surface area (TPSA) is 52.6 Å². The lowest BCUT2D eigenvalue weighted by Gasteiger charge is -2.39. The maximum Gasteiger partial charge on any atom is 0.320 e. The molecule has 1 fully saturated rings. The van der Waals surface area contributed by atoms with Gasteiger partial charge in [-0.15, -0.1) is 0 Å². The maximum atomic E-state index is 11.3. The third-order valence-corrected chi connectivity index (χ3v) is 3.51. The highest BCUT2D eigenvalue weighted by Crippen LogP contribution is 2.21. The van der Waals surface area contributed by atoms with E-state index in [9.17, 15) is 9.90 Å². The van der Waals surface area contributed by atoms with E-state index in [0.29, 0.717) is 18.5 Å². The fourth-order valence-corrected chi connectivity index (χ4v) is 2.58. The number of hydrogen-bond donors (Lipinski definition) is 2. The van der Waals surface area contributed by atoms with E-state index in [4.69, 9.17) is 0 Å². The maximum absolute atomic E-state index is 11.3. The minimum Gasteiger partial charge on any atom is -0.480 e. The standard InChI is InChI=1S/C13H26N2O2/c1-4-12(13(16)17)15-8-6-5-7-11(15)9-14-10(2)3/h10-12,14H,4-9H2,1-3H3,(H,16,17). The smallest absolute Gasteiger partial charge is 0.320 e. The van der Waals surface area contributed by atoms with Crippen molar-refractivity contribution < 1.29 is 9.90 Å². The van der Waals surface area contributed by atoms with E-state index in [0.717, 1.165) is 25.9 Å². The monoisotopic (exact) mass is 242 g/mol. The molecule has 0 spiro atoms. The van der Waals surface area contributed by atoms with Crippen molar-refractivity contribution in [3.8, 4) is 0 Å². The fraction of sp³-hybridized carbons (Fsp3) is 0.923. The number of nitrogens with zero attached hydrogens (tertiary/aromatic N) is 1. The number of carbonyl (C=O) groups is 1. The van der Waals surface area contributed by atoms with Crippen LogP contribution >= 0.6 is 0 Å². The highest BCUT2D eigenvalue weighted by Gasteiger charge is 2.31. The summed E-state index contributed by atoms with van der Waals surface area (Å²) in [6.45, 7) is 8.04.